The lowest BCUT2D eigenvalue weighted by Gasteiger charge is -2.15. The predicted octanol–water partition coefficient (Wildman–Crippen LogP) is 2.51. The zero-order valence-electron chi connectivity index (χ0n) is 9.51. The van der Waals surface area contributed by atoms with Gasteiger partial charge < -0.3 is 10.1 Å². The van der Waals surface area contributed by atoms with Crippen LogP contribution >= 0.6 is 0 Å². The van der Waals surface area contributed by atoms with Crippen molar-refractivity contribution in [1.29, 1.82) is 0 Å². The molecule has 2 nitrogen and oxygen atoms in total. The summed E-state index contributed by atoms with van der Waals surface area (Å²) in [6, 6.07) is 4.95. The van der Waals surface area contributed by atoms with Crippen molar-refractivity contribution < 1.29 is 9.13 Å². The van der Waals surface area contributed by atoms with Crippen LogP contribution in [0, 0.1) is 12.7 Å². The van der Waals surface area contributed by atoms with Gasteiger partial charge in [-0.3, -0.25) is 0 Å². The van der Waals surface area contributed by atoms with Gasteiger partial charge in [-0.05, 0) is 32.0 Å². The van der Waals surface area contributed by atoms with Crippen LogP contribution in [-0.2, 0) is 0 Å². The lowest BCUT2D eigenvalue weighted by Crippen LogP contribution is -2.28. The molecule has 1 aromatic rings. The molecule has 0 amide bonds. The van der Waals surface area contributed by atoms with Crippen molar-refractivity contribution in [2.45, 2.75) is 26.9 Å². The van der Waals surface area contributed by atoms with E-state index in [0.29, 0.717) is 11.3 Å². The van der Waals surface area contributed by atoms with Gasteiger partial charge in [0.05, 0.1) is 0 Å². The van der Waals surface area contributed by atoms with Gasteiger partial charge in [0, 0.05) is 12.6 Å². The van der Waals surface area contributed by atoms with Crippen LogP contribution in [0.25, 0.3) is 0 Å². The van der Waals surface area contributed by atoms with Crippen molar-refractivity contribution in [1.82, 2.24) is 5.32 Å². The minimum atomic E-state index is -0.219. The van der Waals surface area contributed by atoms with E-state index in [1.54, 1.807) is 19.1 Å². The Bertz CT molecular complexity index is 314. The number of nitrogens with one attached hydrogen (secondary N) is 1. The summed E-state index contributed by atoms with van der Waals surface area (Å²) in [6.07, 6.45) is 0.0482. The maximum Gasteiger partial charge on any atom is 0.129 e. The van der Waals surface area contributed by atoms with Crippen molar-refractivity contribution in [3.05, 3.63) is 29.6 Å². The highest BCUT2D eigenvalue weighted by Crippen LogP contribution is 2.16. The maximum absolute atomic E-state index is 13.2. The van der Waals surface area contributed by atoms with E-state index in [0.717, 1.165) is 13.1 Å². The highest BCUT2D eigenvalue weighted by atomic mass is 19.1. The molecule has 3 heteroatoms. The summed E-state index contributed by atoms with van der Waals surface area (Å²) in [5.74, 6) is 0.367. The second-order valence-electron chi connectivity index (χ2n) is 3.65. The summed E-state index contributed by atoms with van der Waals surface area (Å²) in [4.78, 5) is 0. The molecule has 84 valence electrons. The molecule has 0 aliphatic heterocycles. The van der Waals surface area contributed by atoms with Crippen LogP contribution in [0.4, 0.5) is 4.39 Å². The second-order valence-corrected chi connectivity index (χ2v) is 3.65. The Morgan fingerprint density at radius 1 is 1.47 bits per heavy atom. The Morgan fingerprint density at radius 3 is 2.80 bits per heavy atom. The number of hydrogen-bond donors (Lipinski definition) is 1. The van der Waals surface area contributed by atoms with E-state index in [9.17, 15) is 4.39 Å². The van der Waals surface area contributed by atoms with Crippen molar-refractivity contribution in [3.63, 3.8) is 0 Å². The van der Waals surface area contributed by atoms with E-state index in [-0.39, 0.29) is 11.9 Å². The normalized spacial score (nSPS) is 12.5. The molecule has 15 heavy (non-hydrogen) atoms. The van der Waals surface area contributed by atoms with Gasteiger partial charge in [0.25, 0.3) is 0 Å². The zero-order chi connectivity index (χ0) is 11.3. The molecule has 0 saturated carbocycles. The summed E-state index contributed by atoms with van der Waals surface area (Å²) in [7, 11) is 0. The summed E-state index contributed by atoms with van der Waals surface area (Å²) >= 11 is 0. The van der Waals surface area contributed by atoms with Gasteiger partial charge in [-0.15, -0.1) is 0 Å². The molecule has 0 aliphatic rings. The molecule has 0 fully saturated rings. The molecule has 1 unspecified atom stereocenters. The Kier molecular flexibility index (Phi) is 4.56. The van der Waals surface area contributed by atoms with Gasteiger partial charge >= 0.3 is 0 Å². The zero-order valence-corrected chi connectivity index (χ0v) is 9.51. The third-order valence-corrected chi connectivity index (χ3v) is 2.16. The molecule has 0 radical (unpaired) electrons. The van der Waals surface area contributed by atoms with Crippen LogP contribution in [-0.4, -0.2) is 19.2 Å². The number of halogens is 1. The summed E-state index contributed by atoms with van der Waals surface area (Å²) in [5, 5.41) is 3.18. The molecule has 0 heterocycles. The topological polar surface area (TPSA) is 21.3 Å². The van der Waals surface area contributed by atoms with Crippen LogP contribution in [0.5, 0.6) is 5.75 Å². The van der Waals surface area contributed by atoms with Crippen molar-refractivity contribution >= 4 is 0 Å². The first-order valence-electron chi connectivity index (χ1n) is 5.27. The highest BCUT2D eigenvalue weighted by Gasteiger charge is 2.05. The second kappa shape index (κ2) is 5.71. The van der Waals surface area contributed by atoms with Gasteiger partial charge in [-0.2, -0.15) is 0 Å². The minimum Gasteiger partial charge on any atom is -0.489 e. The number of likely N-dealkylation sites (N-methyl/N-ethyl adjacent to an activating group) is 1. The monoisotopic (exact) mass is 211 g/mol. The van der Waals surface area contributed by atoms with Crippen LogP contribution < -0.4 is 10.1 Å². The van der Waals surface area contributed by atoms with E-state index in [1.807, 2.05) is 13.8 Å². The number of ether oxygens (including phenoxy) is 1. The Hall–Kier alpha value is -1.09. The molecule has 0 saturated heterocycles. The molecule has 1 atom stereocenters. The number of benzene rings is 1. The maximum atomic E-state index is 13.2. The fraction of sp³-hybridized carbons (Fsp3) is 0.500. The highest BCUT2D eigenvalue weighted by molar-refractivity contribution is 5.28. The first kappa shape index (κ1) is 12.0. The first-order valence-corrected chi connectivity index (χ1v) is 5.27. The molecule has 0 spiro atoms. The first-order chi connectivity index (χ1) is 7.13. The van der Waals surface area contributed by atoms with Gasteiger partial charge in [0.1, 0.15) is 17.7 Å². The number of hydrogen-bond acceptors (Lipinski definition) is 2. The van der Waals surface area contributed by atoms with E-state index in [1.165, 1.54) is 6.07 Å². The fourth-order valence-electron chi connectivity index (χ4n) is 1.27. The smallest absolute Gasteiger partial charge is 0.129 e. The Balaban J connectivity index is 2.53. The van der Waals surface area contributed by atoms with Gasteiger partial charge in [0.15, 0.2) is 0 Å². The van der Waals surface area contributed by atoms with Crippen LogP contribution in [0.15, 0.2) is 18.2 Å². The van der Waals surface area contributed by atoms with Gasteiger partial charge in [-0.25, -0.2) is 4.39 Å². The van der Waals surface area contributed by atoms with Gasteiger partial charge in [0.2, 0.25) is 0 Å². The fourth-order valence-corrected chi connectivity index (χ4v) is 1.27. The average molecular weight is 211 g/mol. The molecule has 0 bridgehead atoms. The van der Waals surface area contributed by atoms with Gasteiger partial charge in [-0.1, -0.05) is 13.0 Å². The molecular formula is C12H18FNO. The third kappa shape index (κ3) is 3.88. The number of rotatable bonds is 5. The quantitative estimate of drug-likeness (QED) is 0.808. The number of aryl methyl sites for hydroxylation is 1. The summed E-state index contributed by atoms with van der Waals surface area (Å²) < 4.78 is 18.7. The minimum absolute atomic E-state index is 0.0482. The molecule has 1 rings (SSSR count). The molecule has 0 aliphatic carbocycles. The van der Waals surface area contributed by atoms with Crippen molar-refractivity contribution in [3.8, 4) is 5.75 Å². The summed E-state index contributed by atoms with van der Waals surface area (Å²) in [5.41, 5.74) is 0.640. The molecule has 0 aromatic heterocycles. The lowest BCUT2D eigenvalue weighted by atomic mass is 10.2. The van der Waals surface area contributed by atoms with E-state index in [4.69, 9.17) is 4.74 Å². The molecule has 1 N–H and O–H groups in total. The lowest BCUT2D eigenvalue weighted by molar-refractivity contribution is 0.217. The Labute approximate surface area is 90.4 Å². The predicted molar refractivity (Wildman–Crippen MR) is 59.8 cm³/mol. The standard InChI is InChI=1S/C12H18FNO/c1-4-14-8-10(3)15-11-6-5-9(2)12(13)7-11/h5-7,10,14H,4,8H2,1-3H3. The van der Waals surface area contributed by atoms with E-state index in [2.05, 4.69) is 5.32 Å². The van der Waals surface area contributed by atoms with Crippen molar-refractivity contribution in [2.75, 3.05) is 13.1 Å². The molecular weight excluding hydrogens is 193 g/mol. The van der Waals surface area contributed by atoms with E-state index >= 15 is 0 Å². The van der Waals surface area contributed by atoms with Crippen molar-refractivity contribution in [2.24, 2.45) is 0 Å². The SMILES string of the molecule is CCNCC(C)Oc1ccc(C)c(F)c1. The molecule has 1 aromatic carbocycles. The van der Waals surface area contributed by atoms with Crippen LogP contribution in [0.1, 0.15) is 19.4 Å². The summed E-state index contributed by atoms with van der Waals surface area (Å²) in [6.45, 7) is 7.42. The van der Waals surface area contributed by atoms with Crippen LogP contribution in [0.2, 0.25) is 0 Å². The van der Waals surface area contributed by atoms with E-state index < -0.39 is 0 Å². The largest absolute Gasteiger partial charge is 0.489 e. The third-order valence-electron chi connectivity index (χ3n) is 2.16. The van der Waals surface area contributed by atoms with Crippen LogP contribution in [0.3, 0.4) is 0 Å². The Morgan fingerprint density at radius 2 is 2.20 bits per heavy atom. The average Bonchev–Trinajstić information content (AvgIpc) is 2.20.